The molecule has 0 unspecified atom stereocenters. The smallest absolute Gasteiger partial charge is 0.191 e. The second-order valence-electron chi connectivity index (χ2n) is 7.50. The zero-order valence-electron chi connectivity index (χ0n) is 16.8. The van der Waals surface area contributed by atoms with Crippen molar-refractivity contribution in [3.05, 3.63) is 17.0 Å². The minimum atomic E-state index is 0.295. The van der Waals surface area contributed by atoms with Crippen LogP contribution in [0.3, 0.4) is 0 Å². The van der Waals surface area contributed by atoms with E-state index in [0.717, 1.165) is 31.2 Å². The van der Waals surface area contributed by atoms with E-state index in [0.29, 0.717) is 5.41 Å². The lowest BCUT2D eigenvalue weighted by Crippen LogP contribution is -2.42. The minimum Gasteiger partial charge on any atom is -0.356 e. The van der Waals surface area contributed by atoms with Crippen LogP contribution in [0.4, 0.5) is 0 Å². The molecule has 0 radical (unpaired) electrons. The third kappa shape index (κ3) is 6.54. The Morgan fingerprint density at radius 2 is 1.92 bits per heavy atom. The van der Waals surface area contributed by atoms with Gasteiger partial charge in [-0.25, -0.2) is 0 Å². The van der Waals surface area contributed by atoms with Gasteiger partial charge in [-0.15, -0.1) is 0 Å². The summed E-state index contributed by atoms with van der Waals surface area (Å²) in [5, 5.41) is 11.4. The molecular formula is C19H37N5. The maximum absolute atomic E-state index is 4.48. The number of unbranched alkanes of at least 4 members (excludes halogenated alkanes) is 2. The van der Waals surface area contributed by atoms with Gasteiger partial charge in [0.1, 0.15) is 0 Å². The van der Waals surface area contributed by atoms with E-state index >= 15 is 0 Å². The molecule has 0 amide bonds. The van der Waals surface area contributed by atoms with E-state index in [-0.39, 0.29) is 0 Å². The highest BCUT2D eigenvalue weighted by atomic mass is 15.3. The van der Waals surface area contributed by atoms with E-state index in [9.17, 15) is 0 Å². The van der Waals surface area contributed by atoms with Crippen LogP contribution in [0.5, 0.6) is 0 Å². The lowest BCUT2D eigenvalue weighted by Gasteiger charge is -2.26. The molecule has 138 valence electrons. The van der Waals surface area contributed by atoms with Crippen molar-refractivity contribution in [1.82, 2.24) is 20.4 Å². The Morgan fingerprint density at radius 1 is 1.21 bits per heavy atom. The van der Waals surface area contributed by atoms with Crippen LogP contribution in [0.15, 0.2) is 4.99 Å². The van der Waals surface area contributed by atoms with E-state index in [1.165, 1.54) is 36.9 Å². The summed E-state index contributed by atoms with van der Waals surface area (Å²) in [6.07, 6.45) is 6.11. The fraction of sp³-hybridized carbons (Fsp3) is 0.789. The quantitative estimate of drug-likeness (QED) is 0.413. The standard InChI is InChI=1S/C19H37N5/c1-8-9-10-12-19(4,5)14-22-18(20-6)21-13-11-17-15(2)23-24(7)16(17)3/h8-14H2,1-7H3,(H2,20,21,22). The van der Waals surface area contributed by atoms with Crippen molar-refractivity contribution in [3.63, 3.8) is 0 Å². The summed E-state index contributed by atoms with van der Waals surface area (Å²) in [6.45, 7) is 12.9. The number of hydrogen-bond donors (Lipinski definition) is 2. The first kappa shape index (κ1) is 20.5. The topological polar surface area (TPSA) is 54.2 Å². The summed E-state index contributed by atoms with van der Waals surface area (Å²) in [5.41, 5.74) is 4.00. The molecular weight excluding hydrogens is 298 g/mol. The molecule has 0 spiro atoms. The minimum absolute atomic E-state index is 0.295. The number of nitrogens with zero attached hydrogens (tertiary/aromatic N) is 3. The number of guanidine groups is 1. The van der Waals surface area contributed by atoms with Gasteiger partial charge in [-0.3, -0.25) is 9.67 Å². The van der Waals surface area contributed by atoms with Gasteiger partial charge in [-0.05, 0) is 37.7 Å². The molecule has 0 aromatic carbocycles. The van der Waals surface area contributed by atoms with Gasteiger partial charge in [0.25, 0.3) is 0 Å². The van der Waals surface area contributed by atoms with E-state index in [2.05, 4.69) is 55.3 Å². The number of aryl methyl sites for hydroxylation is 2. The largest absolute Gasteiger partial charge is 0.356 e. The van der Waals surface area contributed by atoms with Gasteiger partial charge < -0.3 is 10.6 Å². The van der Waals surface area contributed by atoms with Crippen LogP contribution in [-0.2, 0) is 13.5 Å². The Morgan fingerprint density at radius 3 is 2.46 bits per heavy atom. The van der Waals surface area contributed by atoms with Gasteiger partial charge in [0.15, 0.2) is 5.96 Å². The predicted octanol–water partition coefficient (Wildman–Crippen LogP) is 3.35. The summed E-state index contributed by atoms with van der Waals surface area (Å²) in [6, 6.07) is 0. The molecule has 2 N–H and O–H groups in total. The van der Waals surface area contributed by atoms with Crippen LogP contribution < -0.4 is 10.6 Å². The van der Waals surface area contributed by atoms with Crippen molar-refractivity contribution < 1.29 is 0 Å². The Hall–Kier alpha value is -1.52. The number of nitrogens with one attached hydrogen (secondary N) is 2. The first-order valence-electron chi connectivity index (χ1n) is 9.24. The molecule has 0 atom stereocenters. The summed E-state index contributed by atoms with van der Waals surface area (Å²) in [5.74, 6) is 0.887. The monoisotopic (exact) mass is 335 g/mol. The highest BCUT2D eigenvalue weighted by Crippen LogP contribution is 2.22. The molecule has 0 saturated carbocycles. The molecule has 5 nitrogen and oxygen atoms in total. The Balaban J connectivity index is 2.40. The summed E-state index contributed by atoms with van der Waals surface area (Å²) in [7, 11) is 3.83. The van der Waals surface area contributed by atoms with Gasteiger partial charge in [0.2, 0.25) is 0 Å². The molecule has 1 heterocycles. The van der Waals surface area contributed by atoms with Crippen LogP contribution in [0.2, 0.25) is 0 Å². The second kappa shape index (κ2) is 9.70. The normalized spacial score (nSPS) is 12.5. The molecule has 0 bridgehead atoms. The van der Waals surface area contributed by atoms with E-state index in [4.69, 9.17) is 0 Å². The summed E-state index contributed by atoms with van der Waals surface area (Å²) < 4.78 is 1.95. The maximum Gasteiger partial charge on any atom is 0.191 e. The van der Waals surface area contributed by atoms with Crippen LogP contribution in [0, 0.1) is 19.3 Å². The molecule has 0 fully saturated rings. The van der Waals surface area contributed by atoms with Crippen LogP contribution >= 0.6 is 0 Å². The lowest BCUT2D eigenvalue weighted by atomic mass is 9.87. The van der Waals surface area contributed by atoms with Crippen molar-refractivity contribution in [3.8, 4) is 0 Å². The molecule has 24 heavy (non-hydrogen) atoms. The van der Waals surface area contributed by atoms with Crippen molar-refractivity contribution >= 4 is 5.96 Å². The molecule has 0 aliphatic rings. The number of hydrogen-bond acceptors (Lipinski definition) is 2. The van der Waals surface area contributed by atoms with Gasteiger partial charge in [-0.1, -0.05) is 40.0 Å². The first-order valence-corrected chi connectivity index (χ1v) is 9.24. The lowest BCUT2D eigenvalue weighted by molar-refractivity contribution is 0.318. The van der Waals surface area contributed by atoms with Crippen molar-refractivity contribution in [2.24, 2.45) is 17.5 Å². The van der Waals surface area contributed by atoms with Crippen LogP contribution in [-0.4, -0.2) is 35.9 Å². The first-order chi connectivity index (χ1) is 11.3. The van der Waals surface area contributed by atoms with Crippen molar-refractivity contribution in [1.29, 1.82) is 0 Å². The number of aliphatic imine (C=N–C) groups is 1. The summed E-state index contributed by atoms with van der Waals surface area (Å²) >= 11 is 0. The Kier molecular flexibility index (Phi) is 8.29. The second-order valence-corrected chi connectivity index (χ2v) is 7.50. The van der Waals surface area contributed by atoms with Gasteiger partial charge in [0, 0.05) is 32.9 Å². The van der Waals surface area contributed by atoms with Crippen LogP contribution in [0.1, 0.15) is 63.4 Å². The van der Waals surface area contributed by atoms with Gasteiger partial charge >= 0.3 is 0 Å². The number of rotatable bonds is 9. The molecule has 5 heteroatoms. The van der Waals surface area contributed by atoms with E-state index in [1.807, 2.05) is 18.8 Å². The highest BCUT2D eigenvalue weighted by Gasteiger charge is 2.17. The summed E-state index contributed by atoms with van der Waals surface area (Å²) in [4.78, 5) is 4.34. The average Bonchev–Trinajstić information content (AvgIpc) is 2.76. The van der Waals surface area contributed by atoms with Crippen molar-refractivity contribution in [2.45, 2.75) is 66.7 Å². The van der Waals surface area contributed by atoms with E-state index in [1.54, 1.807) is 0 Å². The zero-order valence-corrected chi connectivity index (χ0v) is 16.8. The molecule has 1 rings (SSSR count). The highest BCUT2D eigenvalue weighted by molar-refractivity contribution is 5.79. The third-order valence-corrected chi connectivity index (χ3v) is 4.74. The van der Waals surface area contributed by atoms with Gasteiger partial charge in [0.05, 0.1) is 5.69 Å². The fourth-order valence-electron chi connectivity index (χ4n) is 2.97. The van der Waals surface area contributed by atoms with Crippen LogP contribution in [0.25, 0.3) is 0 Å². The average molecular weight is 336 g/mol. The predicted molar refractivity (Wildman–Crippen MR) is 104 cm³/mol. The molecule has 0 saturated heterocycles. The van der Waals surface area contributed by atoms with E-state index < -0.39 is 0 Å². The Labute approximate surface area is 148 Å². The number of aromatic nitrogens is 2. The maximum atomic E-state index is 4.48. The zero-order chi connectivity index (χ0) is 18.2. The molecule has 0 aliphatic carbocycles. The SMILES string of the molecule is CCCCCC(C)(C)CNC(=NC)NCCc1c(C)nn(C)c1C. The Bertz CT molecular complexity index is 528. The molecule has 0 aliphatic heterocycles. The molecule has 1 aromatic heterocycles. The third-order valence-electron chi connectivity index (χ3n) is 4.74. The van der Waals surface area contributed by atoms with Gasteiger partial charge in [-0.2, -0.15) is 5.10 Å². The van der Waals surface area contributed by atoms with Crippen molar-refractivity contribution in [2.75, 3.05) is 20.1 Å². The fourth-order valence-corrected chi connectivity index (χ4v) is 2.97. The molecule has 1 aromatic rings.